The molecule has 2 heterocycles. The van der Waals surface area contributed by atoms with Crippen LogP contribution >= 0.6 is 0 Å². The number of fused-ring (bicyclic) bond motifs is 1. The van der Waals surface area contributed by atoms with Crippen LogP contribution in [0.4, 0.5) is 10.1 Å². The second kappa shape index (κ2) is 6.53. The number of aromatic nitrogens is 3. The molecule has 0 aliphatic carbocycles. The number of aromatic amines is 1. The van der Waals surface area contributed by atoms with Gasteiger partial charge in [-0.3, -0.25) is 14.9 Å². The van der Waals surface area contributed by atoms with Gasteiger partial charge in [-0.2, -0.15) is 10.4 Å². The van der Waals surface area contributed by atoms with Crippen LogP contribution < -0.4 is 5.32 Å². The zero-order chi connectivity index (χ0) is 18.0. The molecule has 0 atom stereocenters. The SMILES string of the molecule is Cc1cnc(C)c(NC(=O)/C(F)=C/c2ccc3c(C#N)n[nH]c3c2)c1. The largest absolute Gasteiger partial charge is 0.318 e. The molecule has 0 unspecified atom stereocenters. The van der Waals surface area contributed by atoms with Gasteiger partial charge < -0.3 is 5.32 Å². The highest BCUT2D eigenvalue weighted by atomic mass is 19.1. The number of carbonyl (C=O) groups excluding carboxylic acids is 1. The molecule has 124 valence electrons. The number of amides is 1. The number of nitrogens with one attached hydrogen (secondary N) is 2. The number of halogens is 1. The van der Waals surface area contributed by atoms with Crippen molar-refractivity contribution in [3.8, 4) is 6.07 Å². The Labute approximate surface area is 143 Å². The monoisotopic (exact) mass is 335 g/mol. The fourth-order valence-corrected chi connectivity index (χ4v) is 2.37. The molecule has 0 saturated heterocycles. The summed E-state index contributed by atoms with van der Waals surface area (Å²) in [6, 6.07) is 8.59. The number of hydrogen-bond acceptors (Lipinski definition) is 4. The highest BCUT2D eigenvalue weighted by Gasteiger charge is 2.12. The summed E-state index contributed by atoms with van der Waals surface area (Å²) in [5, 5.41) is 18.6. The first kappa shape index (κ1) is 16.3. The molecule has 2 aromatic heterocycles. The molecular weight excluding hydrogens is 321 g/mol. The fraction of sp³-hybridized carbons (Fsp3) is 0.111. The molecule has 2 N–H and O–H groups in total. The summed E-state index contributed by atoms with van der Waals surface area (Å²) in [5.74, 6) is -1.78. The molecule has 7 heteroatoms. The average Bonchev–Trinajstić information content (AvgIpc) is 3.00. The molecule has 0 spiro atoms. The predicted molar refractivity (Wildman–Crippen MR) is 92.2 cm³/mol. The molecule has 0 radical (unpaired) electrons. The van der Waals surface area contributed by atoms with Crippen molar-refractivity contribution in [2.75, 3.05) is 5.32 Å². The van der Waals surface area contributed by atoms with E-state index in [-0.39, 0.29) is 5.69 Å². The van der Waals surface area contributed by atoms with Crippen molar-refractivity contribution in [1.82, 2.24) is 15.2 Å². The molecular formula is C18H14FN5O. The van der Waals surface area contributed by atoms with Crippen molar-refractivity contribution in [1.29, 1.82) is 5.26 Å². The van der Waals surface area contributed by atoms with Crippen LogP contribution in [0.1, 0.15) is 22.5 Å². The van der Waals surface area contributed by atoms with Crippen LogP contribution in [0.5, 0.6) is 0 Å². The first-order valence-electron chi connectivity index (χ1n) is 7.48. The lowest BCUT2D eigenvalue weighted by Crippen LogP contribution is -2.13. The average molecular weight is 335 g/mol. The van der Waals surface area contributed by atoms with Gasteiger partial charge in [0, 0.05) is 11.6 Å². The van der Waals surface area contributed by atoms with E-state index in [9.17, 15) is 9.18 Å². The van der Waals surface area contributed by atoms with E-state index in [1.54, 1.807) is 37.4 Å². The number of aryl methyl sites for hydroxylation is 2. The van der Waals surface area contributed by atoms with Gasteiger partial charge >= 0.3 is 0 Å². The molecule has 0 aliphatic heterocycles. The van der Waals surface area contributed by atoms with Crippen molar-refractivity contribution in [2.24, 2.45) is 0 Å². The summed E-state index contributed by atoms with van der Waals surface area (Å²) in [4.78, 5) is 16.2. The third-order valence-electron chi connectivity index (χ3n) is 3.67. The Bertz CT molecular complexity index is 1050. The van der Waals surface area contributed by atoms with Gasteiger partial charge in [0.1, 0.15) is 6.07 Å². The number of anilines is 1. The predicted octanol–water partition coefficient (Wildman–Crippen LogP) is 3.40. The first-order chi connectivity index (χ1) is 12.0. The number of pyridine rings is 1. The highest BCUT2D eigenvalue weighted by Crippen LogP contribution is 2.20. The molecule has 6 nitrogen and oxygen atoms in total. The maximum Gasteiger partial charge on any atom is 0.284 e. The minimum Gasteiger partial charge on any atom is -0.318 e. The van der Waals surface area contributed by atoms with Gasteiger partial charge in [-0.05, 0) is 49.2 Å². The molecule has 1 aromatic carbocycles. The zero-order valence-corrected chi connectivity index (χ0v) is 13.6. The lowest BCUT2D eigenvalue weighted by Gasteiger charge is -2.07. The third-order valence-corrected chi connectivity index (χ3v) is 3.67. The van der Waals surface area contributed by atoms with Crippen LogP contribution in [0.3, 0.4) is 0 Å². The van der Waals surface area contributed by atoms with E-state index in [4.69, 9.17) is 5.26 Å². The summed E-state index contributed by atoms with van der Waals surface area (Å²) < 4.78 is 14.2. The zero-order valence-electron chi connectivity index (χ0n) is 13.6. The summed E-state index contributed by atoms with van der Waals surface area (Å²) in [7, 11) is 0. The number of carbonyl (C=O) groups is 1. The van der Waals surface area contributed by atoms with E-state index in [1.807, 2.05) is 13.0 Å². The van der Waals surface area contributed by atoms with E-state index in [2.05, 4.69) is 20.5 Å². The van der Waals surface area contributed by atoms with E-state index in [1.165, 1.54) is 0 Å². The Balaban J connectivity index is 1.84. The molecule has 1 amide bonds. The van der Waals surface area contributed by atoms with Gasteiger partial charge in [0.25, 0.3) is 5.91 Å². The Morgan fingerprint density at radius 2 is 2.16 bits per heavy atom. The van der Waals surface area contributed by atoms with Gasteiger partial charge in [-0.25, -0.2) is 4.39 Å². The minimum atomic E-state index is -0.930. The molecule has 0 fully saturated rings. The van der Waals surface area contributed by atoms with E-state index >= 15 is 0 Å². The number of H-pyrrole nitrogens is 1. The Kier molecular flexibility index (Phi) is 4.27. The van der Waals surface area contributed by atoms with Gasteiger partial charge in [0.05, 0.1) is 16.9 Å². The molecule has 25 heavy (non-hydrogen) atoms. The van der Waals surface area contributed by atoms with E-state index in [0.29, 0.717) is 27.8 Å². The quantitative estimate of drug-likeness (QED) is 0.717. The van der Waals surface area contributed by atoms with Crippen molar-refractivity contribution < 1.29 is 9.18 Å². The first-order valence-corrected chi connectivity index (χ1v) is 7.48. The normalized spacial score (nSPS) is 11.4. The Morgan fingerprint density at radius 1 is 1.36 bits per heavy atom. The van der Waals surface area contributed by atoms with E-state index in [0.717, 1.165) is 11.6 Å². The standard InChI is InChI=1S/C18H14FN5O/c1-10-5-15(11(2)21-9-10)22-18(25)14(19)6-12-3-4-13-16(7-12)23-24-17(13)8-20/h3-7,9H,1-2H3,(H,22,25)(H,23,24)/b14-6-. The molecule has 3 rings (SSSR count). The lowest BCUT2D eigenvalue weighted by atomic mass is 10.1. The van der Waals surface area contributed by atoms with Crippen molar-refractivity contribution in [3.63, 3.8) is 0 Å². The number of rotatable bonds is 3. The number of nitrogens with zero attached hydrogens (tertiary/aromatic N) is 3. The fourth-order valence-electron chi connectivity index (χ4n) is 2.37. The summed E-state index contributed by atoms with van der Waals surface area (Å²) in [6.07, 6.45) is 2.80. The van der Waals surface area contributed by atoms with Crippen molar-refractivity contribution in [3.05, 3.63) is 58.8 Å². The van der Waals surface area contributed by atoms with Gasteiger partial charge in [-0.1, -0.05) is 6.07 Å². The van der Waals surface area contributed by atoms with E-state index < -0.39 is 11.7 Å². The maximum atomic E-state index is 14.2. The minimum absolute atomic E-state index is 0.270. The highest BCUT2D eigenvalue weighted by molar-refractivity contribution is 6.05. The summed E-state index contributed by atoms with van der Waals surface area (Å²) in [6.45, 7) is 3.57. The van der Waals surface area contributed by atoms with Crippen LogP contribution in [0, 0.1) is 25.2 Å². The third kappa shape index (κ3) is 3.38. The van der Waals surface area contributed by atoms with Gasteiger partial charge in [-0.15, -0.1) is 0 Å². The van der Waals surface area contributed by atoms with Gasteiger partial charge in [0.2, 0.25) is 0 Å². The van der Waals surface area contributed by atoms with Crippen LogP contribution in [0.25, 0.3) is 17.0 Å². The van der Waals surface area contributed by atoms with Gasteiger partial charge in [0.15, 0.2) is 11.5 Å². The lowest BCUT2D eigenvalue weighted by molar-refractivity contribution is -0.114. The van der Waals surface area contributed by atoms with Crippen LogP contribution in [0.15, 0.2) is 36.3 Å². The number of nitriles is 1. The topological polar surface area (TPSA) is 94.5 Å². The summed E-state index contributed by atoms with van der Waals surface area (Å²) >= 11 is 0. The maximum absolute atomic E-state index is 14.2. The smallest absolute Gasteiger partial charge is 0.284 e. The second-order valence-electron chi connectivity index (χ2n) is 5.58. The second-order valence-corrected chi connectivity index (χ2v) is 5.58. The van der Waals surface area contributed by atoms with Crippen molar-refractivity contribution >= 4 is 28.6 Å². The molecule has 3 aromatic rings. The molecule has 0 bridgehead atoms. The molecule has 0 saturated carbocycles. The number of hydrogen-bond donors (Lipinski definition) is 2. The number of benzene rings is 1. The van der Waals surface area contributed by atoms with Crippen LogP contribution in [-0.4, -0.2) is 21.1 Å². The Hall–Kier alpha value is -3.53. The summed E-state index contributed by atoms with van der Waals surface area (Å²) in [5.41, 5.74) is 3.28. The Morgan fingerprint density at radius 3 is 2.92 bits per heavy atom. The van der Waals surface area contributed by atoms with Crippen LogP contribution in [0.2, 0.25) is 0 Å². The molecule has 0 aliphatic rings. The van der Waals surface area contributed by atoms with Crippen molar-refractivity contribution in [2.45, 2.75) is 13.8 Å². The van der Waals surface area contributed by atoms with Crippen LogP contribution in [-0.2, 0) is 4.79 Å².